The third kappa shape index (κ3) is 2.29. The molecule has 1 aliphatic heterocycles. The van der Waals surface area contributed by atoms with Crippen molar-refractivity contribution in [2.45, 2.75) is 38.3 Å². The Bertz CT molecular complexity index is 353. The highest BCUT2D eigenvalue weighted by atomic mass is 19.1. The van der Waals surface area contributed by atoms with E-state index in [-0.39, 0.29) is 18.0 Å². The average molecular weight is 209 g/mol. The molecule has 82 valence electrons. The number of halogens is 1. The number of rotatable bonds is 3. The van der Waals surface area contributed by atoms with Crippen molar-refractivity contribution >= 4 is 0 Å². The van der Waals surface area contributed by atoms with Crippen LogP contribution in [0.15, 0.2) is 18.2 Å². The Kier molecular flexibility index (Phi) is 2.91. The molecule has 0 spiro atoms. The number of ether oxygens (including phenoxy) is 1. The zero-order valence-corrected chi connectivity index (χ0v) is 8.87. The van der Waals surface area contributed by atoms with E-state index in [2.05, 4.69) is 6.92 Å². The molecule has 0 aliphatic carbocycles. The molecule has 1 heterocycles. The van der Waals surface area contributed by atoms with Gasteiger partial charge in [0.25, 0.3) is 0 Å². The SMILES string of the molecule is CCC(N)CC1Cc2cc(F)ccc2O1. The Morgan fingerprint density at radius 2 is 2.40 bits per heavy atom. The zero-order valence-electron chi connectivity index (χ0n) is 8.87. The maximum absolute atomic E-state index is 12.9. The Balaban J connectivity index is 2.03. The lowest BCUT2D eigenvalue weighted by atomic mass is 10.0. The lowest BCUT2D eigenvalue weighted by Crippen LogP contribution is -2.27. The summed E-state index contributed by atoms with van der Waals surface area (Å²) >= 11 is 0. The van der Waals surface area contributed by atoms with Gasteiger partial charge in [-0.2, -0.15) is 0 Å². The van der Waals surface area contributed by atoms with Gasteiger partial charge in [0.2, 0.25) is 0 Å². The minimum Gasteiger partial charge on any atom is -0.490 e. The van der Waals surface area contributed by atoms with E-state index in [9.17, 15) is 4.39 Å². The fourth-order valence-corrected chi connectivity index (χ4v) is 1.92. The molecule has 1 aliphatic rings. The largest absolute Gasteiger partial charge is 0.490 e. The molecule has 2 rings (SSSR count). The van der Waals surface area contributed by atoms with Crippen LogP contribution in [0.3, 0.4) is 0 Å². The summed E-state index contributed by atoms with van der Waals surface area (Å²) in [5.41, 5.74) is 6.82. The smallest absolute Gasteiger partial charge is 0.123 e. The zero-order chi connectivity index (χ0) is 10.8. The van der Waals surface area contributed by atoms with Gasteiger partial charge in [0.1, 0.15) is 17.7 Å². The highest BCUT2D eigenvalue weighted by Crippen LogP contribution is 2.30. The molecule has 2 nitrogen and oxygen atoms in total. The normalized spacial score (nSPS) is 20.9. The monoisotopic (exact) mass is 209 g/mol. The van der Waals surface area contributed by atoms with Crippen molar-refractivity contribution in [3.63, 3.8) is 0 Å². The maximum atomic E-state index is 12.9. The van der Waals surface area contributed by atoms with Crippen molar-refractivity contribution in [3.8, 4) is 5.75 Å². The van der Waals surface area contributed by atoms with Crippen molar-refractivity contribution in [1.29, 1.82) is 0 Å². The molecular weight excluding hydrogens is 193 g/mol. The second-order valence-electron chi connectivity index (χ2n) is 4.10. The lowest BCUT2D eigenvalue weighted by molar-refractivity contribution is 0.209. The first-order chi connectivity index (χ1) is 7.19. The van der Waals surface area contributed by atoms with E-state index in [1.54, 1.807) is 12.1 Å². The van der Waals surface area contributed by atoms with Gasteiger partial charge in [-0.15, -0.1) is 0 Å². The Morgan fingerprint density at radius 3 is 3.13 bits per heavy atom. The van der Waals surface area contributed by atoms with Crippen LogP contribution in [0.4, 0.5) is 4.39 Å². The van der Waals surface area contributed by atoms with Gasteiger partial charge in [0, 0.05) is 18.0 Å². The molecule has 2 atom stereocenters. The molecule has 2 N–H and O–H groups in total. The second-order valence-corrected chi connectivity index (χ2v) is 4.10. The van der Waals surface area contributed by atoms with E-state index in [0.29, 0.717) is 0 Å². The van der Waals surface area contributed by atoms with Gasteiger partial charge in [-0.1, -0.05) is 6.92 Å². The lowest BCUT2D eigenvalue weighted by Gasteiger charge is -2.14. The van der Waals surface area contributed by atoms with Crippen LogP contribution in [0.25, 0.3) is 0 Å². The summed E-state index contributed by atoms with van der Waals surface area (Å²) in [6.45, 7) is 2.06. The van der Waals surface area contributed by atoms with Crippen LogP contribution < -0.4 is 10.5 Å². The Morgan fingerprint density at radius 1 is 1.60 bits per heavy atom. The molecule has 0 aromatic heterocycles. The number of hydrogen-bond donors (Lipinski definition) is 1. The van der Waals surface area contributed by atoms with Gasteiger partial charge in [0.05, 0.1) is 0 Å². The quantitative estimate of drug-likeness (QED) is 0.828. The van der Waals surface area contributed by atoms with Crippen LogP contribution in [-0.4, -0.2) is 12.1 Å². The van der Waals surface area contributed by atoms with Crippen molar-refractivity contribution in [2.75, 3.05) is 0 Å². The molecule has 0 saturated carbocycles. The molecule has 0 amide bonds. The van der Waals surface area contributed by atoms with Gasteiger partial charge in [-0.05, 0) is 31.0 Å². The summed E-state index contributed by atoms with van der Waals surface area (Å²) in [5, 5.41) is 0. The molecular formula is C12H16FNO. The molecule has 0 bridgehead atoms. The fraction of sp³-hybridized carbons (Fsp3) is 0.500. The highest BCUT2D eigenvalue weighted by molar-refractivity contribution is 5.37. The van der Waals surface area contributed by atoms with Crippen LogP contribution in [-0.2, 0) is 6.42 Å². The summed E-state index contributed by atoms with van der Waals surface area (Å²) in [6, 6.07) is 4.85. The van der Waals surface area contributed by atoms with Crippen molar-refractivity contribution in [3.05, 3.63) is 29.6 Å². The predicted molar refractivity (Wildman–Crippen MR) is 57.4 cm³/mol. The van der Waals surface area contributed by atoms with Gasteiger partial charge in [-0.3, -0.25) is 0 Å². The predicted octanol–water partition coefficient (Wildman–Crippen LogP) is 2.26. The van der Waals surface area contributed by atoms with Crippen LogP contribution in [0.5, 0.6) is 5.75 Å². The van der Waals surface area contributed by atoms with E-state index < -0.39 is 0 Å². The van der Waals surface area contributed by atoms with Gasteiger partial charge in [0.15, 0.2) is 0 Å². The van der Waals surface area contributed by atoms with Crippen LogP contribution in [0.2, 0.25) is 0 Å². The van der Waals surface area contributed by atoms with E-state index >= 15 is 0 Å². The molecule has 3 heteroatoms. The Hall–Kier alpha value is -1.09. The first-order valence-electron chi connectivity index (χ1n) is 5.39. The first-order valence-corrected chi connectivity index (χ1v) is 5.39. The van der Waals surface area contributed by atoms with Crippen LogP contribution >= 0.6 is 0 Å². The number of benzene rings is 1. The second kappa shape index (κ2) is 4.19. The first kappa shape index (κ1) is 10.4. The highest BCUT2D eigenvalue weighted by Gasteiger charge is 2.24. The molecule has 0 saturated heterocycles. The summed E-state index contributed by atoms with van der Waals surface area (Å²) in [5.74, 6) is 0.613. The fourth-order valence-electron chi connectivity index (χ4n) is 1.92. The van der Waals surface area contributed by atoms with Crippen molar-refractivity contribution < 1.29 is 9.13 Å². The summed E-state index contributed by atoms with van der Waals surface area (Å²) < 4.78 is 18.6. The third-order valence-corrected chi connectivity index (χ3v) is 2.85. The molecule has 2 unspecified atom stereocenters. The minimum atomic E-state index is -0.196. The molecule has 0 radical (unpaired) electrons. The van der Waals surface area contributed by atoms with Gasteiger partial charge in [-0.25, -0.2) is 4.39 Å². The van der Waals surface area contributed by atoms with Gasteiger partial charge >= 0.3 is 0 Å². The minimum absolute atomic E-state index is 0.122. The van der Waals surface area contributed by atoms with Crippen molar-refractivity contribution in [2.24, 2.45) is 5.73 Å². The third-order valence-electron chi connectivity index (χ3n) is 2.85. The van der Waals surface area contributed by atoms with E-state index in [4.69, 9.17) is 10.5 Å². The van der Waals surface area contributed by atoms with E-state index in [0.717, 1.165) is 30.6 Å². The Labute approximate surface area is 89.2 Å². The average Bonchev–Trinajstić information content (AvgIpc) is 2.59. The summed E-state index contributed by atoms with van der Waals surface area (Å²) in [6.07, 6.45) is 2.69. The van der Waals surface area contributed by atoms with E-state index in [1.807, 2.05) is 0 Å². The van der Waals surface area contributed by atoms with Crippen LogP contribution in [0, 0.1) is 5.82 Å². The van der Waals surface area contributed by atoms with Crippen LogP contribution in [0.1, 0.15) is 25.3 Å². The summed E-state index contributed by atoms with van der Waals surface area (Å²) in [7, 11) is 0. The topological polar surface area (TPSA) is 35.2 Å². The van der Waals surface area contributed by atoms with Gasteiger partial charge < -0.3 is 10.5 Å². The molecule has 1 aromatic carbocycles. The standard InChI is InChI=1S/C12H16FNO/c1-2-10(14)7-11-6-8-5-9(13)3-4-12(8)15-11/h3-5,10-11H,2,6-7,14H2,1H3. The number of hydrogen-bond acceptors (Lipinski definition) is 2. The maximum Gasteiger partial charge on any atom is 0.123 e. The number of nitrogens with two attached hydrogens (primary N) is 1. The van der Waals surface area contributed by atoms with Crippen molar-refractivity contribution in [1.82, 2.24) is 0 Å². The molecule has 0 fully saturated rings. The molecule has 15 heavy (non-hydrogen) atoms. The number of fused-ring (bicyclic) bond motifs is 1. The molecule has 1 aromatic rings. The van der Waals surface area contributed by atoms with E-state index in [1.165, 1.54) is 6.07 Å². The summed E-state index contributed by atoms with van der Waals surface area (Å²) in [4.78, 5) is 0.